The van der Waals surface area contributed by atoms with Crippen molar-refractivity contribution in [2.24, 2.45) is 98.4 Å². The molecule has 1 aliphatic heterocycles. The van der Waals surface area contributed by atoms with Crippen LogP contribution in [0.2, 0.25) is 0 Å². The number of carbonyl (C=O) groups is 3. The number of hydrogen-bond donors (Lipinski definition) is 6. The van der Waals surface area contributed by atoms with Crippen molar-refractivity contribution >= 4 is 28.8 Å². The third-order valence-corrected chi connectivity index (χ3v) is 26.8. The summed E-state index contributed by atoms with van der Waals surface area (Å²) >= 11 is 5.76. The topological polar surface area (TPSA) is 174 Å². The minimum absolute atomic E-state index is 0.0356. The molecule has 0 radical (unpaired) electrons. The number of ether oxygens (including phenoxy) is 1. The van der Waals surface area contributed by atoms with Crippen molar-refractivity contribution in [3.05, 3.63) is 144 Å². The van der Waals surface area contributed by atoms with E-state index in [1.807, 2.05) is 121 Å². The van der Waals surface area contributed by atoms with E-state index in [2.05, 4.69) is 36.6 Å². The Labute approximate surface area is 561 Å². The molecule has 8 atom stereocenters. The van der Waals surface area contributed by atoms with Gasteiger partial charge in [0.2, 0.25) is 11.1 Å². The molecule has 1 heterocycles. The van der Waals surface area contributed by atoms with Crippen molar-refractivity contribution in [1.82, 2.24) is 15.5 Å². The highest BCUT2D eigenvalue weighted by atomic mass is 35.5. The number of nitrogens with two attached hydrogens (primary N) is 1. The molecule has 504 valence electrons. The Bertz CT molecular complexity index is 3000. The molecule has 4 aromatic carbocycles. The molecule has 16 saturated carbocycles. The van der Waals surface area contributed by atoms with E-state index in [1.165, 1.54) is 116 Å². The second-order valence-electron chi connectivity index (χ2n) is 33.9. The molecular formula is C81H111ClN4O7. The number of benzene rings is 4. The summed E-state index contributed by atoms with van der Waals surface area (Å²) in [7, 11) is 0. The minimum Gasteiger partial charge on any atom is -0.439 e. The van der Waals surface area contributed by atoms with Gasteiger partial charge in [0.05, 0.1) is 30.4 Å². The molecule has 3 unspecified atom stereocenters. The first-order valence-corrected chi connectivity index (χ1v) is 37.3. The van der Waals surface area contributed by atoms with Crippen LogP contribution in [-0.2, 0) is 14.3 Å². The van der Waals surface area contributed by atoms with Gasteiger partial charge in [0.15, 0.2) is 0 Å². The number of hydrogen-bond acceptors (Lipinski definition) is 9. The Morgan fingerprint density at radius 3 is 1.18 bits per heavy atom. The molecule has 16 bridgehead atoms. The van der Waals surface area contributed by atoms with Gasteiger partial charge in [0, 0.05) is 36.0 Å². The van der Waals surface area contributed by atoms with E-state index in [1.54, 1.807) is 6.92 Å². The Hall–Kier alpha value is -4.62. The van der Waals surface area contributed by atoms with Gasteiger partial charge in [-0.3, -0.25) is 9.59 Å². The lowest BCUT2D eigenvalue weighted by Gasteiger charge is -2.57. The molecule has 11 nitrogen and oxygen atoms in total. The van der Waals surface area contributed by atoms with Gasteiger partial charge in [-0.15, -0.1) is 0 Å². The number of aliphatic hydroxyl groups is 3. The molecule has 17 fully saturated rings. The number of nitrogens with zero attached hydrogens (tertiary/aromatic N) is 1. The maximum atomic E-state index is 13.0. The maximum Gasteiger partial charge on any atom is 0.410 e. The average molecular weight is 1290 g/mol. The summed E-state index contributed by atoms with van der Waals surface area (Å²) in [6.07, 6.45) is 30.0. The van der Waals surface area contributed by atoms with Crippen LogP contribution < -0.4 is 16.4 Å². The summed E-state index contributed by atoms with van der Waals surface area (Å²) in [5.41, 5.74) is 10.1. The number of halogens is 1. The number of aliphatic hydroxyl groups excluding tert-OH is 3. The molecular weight excluding hydrogens is 1180 g/mol. The molecule has 17 aliphatic rings. The van der Waals surface area contributed by atoms with Crippen molar-refractivity contribution in [1.29, 1.82) is 0 Å². The summed E-state index contributed by atoms with van der Waals surface area (Å²) in [5.74, 6) is 10.8. The highest BCUT2D eigenvalue weighted by Crippen LogP contribution is 2.64. The lowest BCUT2D eigenvalue weighted by Crippen LogP contribution is -2.55. The lowest BCUT2D eigenvalue weighted by atomic mass is 9.49. The number of amides is 2. The zero-order valence-corrected chi connectivity index (χ0v) is 57.1. The molecule has 93 heavy (non-hydrogen) atoms. The summed E-state index contributed by atoms with van der Waals surface area (Å²) in [5, 5.41) is 37.3. The van der Waals surface area contributed by atoms with Crippen LogP contribution in [0.4, 0.5) is 4.79 Å². The summed E-state index contributed by atoms with van der Waals surface area (Å²) in [4.78, 5) is 39.1. The maximum absolute atomic E-state index is 13.0. The van der Waals surface area contributed by atoms with Crippen molar-refractivity contribution in [3.63, 3.8) is 0 Å². The first kappa shape index (κ1) is 67.0. The van der Waals surface area contributed by atoms with E-state index in [4.69, 9.17) is 22.1 Å². The summed E-state index contributed by atoms with van der Waals surface area (Å²) < 4.78 is 5.77. The highest BCUT2D eigenvalue weighted by Gasteiger charge is 2.57. The Kier molecular flexibility index (Phi) is 20.2. The van der Waals surface area contributed by atoms with E-state index in [0.717, 1.165) is 145 Å². The Morgan fingerprint density at radius 1 is 0.495 bits per heavy atom. The first-order chi connectivity index (χ1) is 44.7. The highest BCUT2D eigenvalue weighted by molar-refractivity contribution is 6.64. The first-order valence-electron chi connectivity index (χ1n) is 36.9. The Balaban J connectivity index is 0.000000109. The fourth-order valence-electron chi connectivity index (χ4n) is 23.7. The predicted octanol–water partition coefficient (Wildman–Crippen LogP) is 16.2. The second kappa shape index (κ2) is 28.1. The van der Waals surface area contributed by atoms with E-state index in [0.29, 0.717) is 10.8 Å². The monoisotopic (exact) mass is 1290 g/mol. The molecule has 21 rings (SSSR count). The van der Waals surface area contributed by atoms with Crippen molar-refractivity contribution in [2.45, 2.75) is 230 Å². The van der Waals surface area contributed by atoms with Crippen LogP contribution in [0.15, 0.2) is 121 Å². The predicted molar refractivity (Wildman–Crippen MR) is 368 cm³/mol. The quantitative estimate of drug-likeness (QED) is 0.0633. The van der Waals surface area contributed by atoms with Gasteiger partial charge in [-0.1, -0.05) is 121 Å². The lowest BCUT2D eigenvalue weighted by molar-refractivity contribution is -0.147. The largest absolute Gasteiger partial charge is 0.439 e. The van der Waals surface area contributed by atoms with Crippen LogP contribution in [0.5, 0.6) is 0 Å². The molecule has 1 saturated heterocycles. The van der Waals surface area contributed by atoms with Gasteiger partial charge >= 0.3 is 6.09 Å². The van der Waals surface area contributed by atoms with Gasteiger partial charge in [0.1, 0.15) is 6.10 Å². The second-order valence-corrected chi connectivity index (χ2v) is 34.3. The molecule has 4 aromatic rings. The van der Waals surface area contributed by atoms with Crippen LogP contribution in [0.25, 0.3) is 0 Å². The van der Waals surface area contributed by atoms with Gasteiger partial charge in [-0.2, -0.15) is 0 Å². The van der Waals surface area contributed by atoms with Gasteiger partial charge in [0.25, 0.3) is 0 Å². The van der Waals surface area contributed by atoms with Crippen LogP contribution in [0.3, 0.4) is 0 Å². The standard InChI is InChI=1S/C21H27NO2.C20H27NO2.C20H29NO.C11H15ClO.C9H13NO/c1-14-19(18-5-3-2-4-6-18)24-20(23)22(14)13-21-10-15-7-16(11-21)9-17(8-15)12-21;1-13(18(22)17-5-3-2-4-6-17)21-19(23)20-10-14-7-15(11-20)9-16(8-14)12-20;1-14(19(22)18-5-3-2-4-6-18)21-13-20-10-15-7-16(11-20)9-17(8-15)12-20;12-10(13)11-4-7-1-8(5-11)3-9(2-7)6-11;1-7(10)9(11)8-5-3-2-4-6-8/h2-6,14-17,19H,7-13H2,1H3;2-6,13-16,18,22H,7-12H2,1H3,(H,21,23);2-6,14-17,19,21-22H,7-13H2,1H3;7-9H,1-6H2;2-7,9,11H,10H2,1H3/t14-,15?,16?,17?,19-,21?;13-,14?,15?,16?,18?,20?;14-,15?,16?,17?,19?,20?;;7-,9?/m111.1/s1. The van der Waals surface area contributed by atoms with Crippen molar-refractivity contribution in [2.75, 3.05) is 13.1 Å². The number of cyclic esters (lactones) is 1. The third kappa shape index (κ3) is 15.0. The smallest absolute Gasteiger partial charge is 0.410 e. The normalized spacial score (nSPS) is 38.8. The van der Waals surface area contributed by atoms with Crippen LogP contribution in [0, 0.1) is 92.7 Å². The fraction of sp³-hybridized carbons (Fsp3) is 0.667. The molecule has 12 heteroatoms. The van der Waals surface area contributed by atoms with Gasteiger partial charge in [-0.05, 0) is 297 Å². The van der Waals surface area contributed by atoms with E-state index in [9.17, 15) is 29.7 Å². The zero-order valence-electron chi connectivity index (χ0n) is 56.4. The zero-order chi connectivity index (χ0) is 64.8. The summed E-state index contributed by atoms with van der Waals surface area (Å²) in [6.45, 7) is 10.00. The fourth-order valence-corrected chi connectivity index (χ4v) is 23.9. The molecule has 0 spiro atoms. The van der Waals surface area contributed by atoms with Crippen molar-refractivity contribution < 1.29 is 34.4 Å². The molecule has 7 N–H and O–H groups in total. The number of rotatable bonds is 15. The van der Waals surface area contributed by atoms with Gasteiger partial charge < -0.3 is 41.3 Å². The van der Waals surface area contributed by atoms with Gasteiger partial charge in [-0.25, -0.2) is 4.79 Å². The number of carbonyl (C=O) groups excluding carboxylic acids is 3. The number of nitrogens with one attached hydrogen (secondary N) is 2. The van der Waals surface area contributed by atoms with E-state index in [-0.39, 0.29) is 58.3 Å². The van der Waals surface area contributed by atoms with Crippen LogP contribution in [-0.4, -0.2) is 74.7 Å². The third-order valence-electron chi connectivity index (χ3n) is 26.4. The average Bonchev–Trinajstić information content (AvgIpc) is 1.20. The molecule has 16 aliphatic carbocycles. The van der Waals surface area contributed by atoms with Crippen molar-refractivity contribution in [3.8, 4) is 0 Å². The SMILES string of the molecule is C[C@@H](N)C(O)c1ccccc1.C[C@@H](NC(=O)C12CC3CC(CC(C3)C1)C2)C(O)c1ccccc1.C[C@@H](NCC12CC3CC(CC(C3)C1)C2)C(O)c1ccccc1.C[C@@H]1[C@H](c2ccccc2)OC(=O)N1CC12CC3CC(CC(C3)C1)C2.O=C(Cl)C12CC3CC(CC(C3)C1)C2. The van der Waals surface area contributed by atoms with Crippen LogP contribution in [0.1, 0.15) is 228 Å². The van der Waals surface area contributed by atoms with E-state index >= 15 is 0 Å². The Morgan fingerprint density at radius 2 is 0.817 bits per heavy atom. The summed E-state index contributed by atoms with van der Waals surface area (Å²) in [6, 6.07) is 39.1. The molecule has 0 aromatic heterocycles. The van der Waals surface area contributed by atoms with E-state index < -0.39 is 18.3 Å². The van der Waals surface area contributed by atoms with Crippen LogP contribution >= 0.6 is 11.6 Å². The molecule has 2 amide bonds. The minimum atomic E-state index is -0.644.